The van der Waals surface area contributed by atoms with Crippen LogP contribution in [-0.2, 0) is 0 Å². The van der Waals surface area contributed by atoms with E-state index in [2.05, 4.69) is 129 Å². The van der Waals surface area contributed by atoms with Gasteiger partial charge in [0.15, 0.2) is 8.07 Å². The molecule has 4 aromatic carbocycles. The fourth-order valence-corrected chi connectivity index (χ4v) is 9.00. The van der Waals surface area contributed by atoms with Gasteiger partial charge in [-0.25, -0.2) is 0 Å². The van der Waals surface area contributed by atoms with E-state index in [-0.39, 0.29) is 0 Å². The van der Waals surface area contributed by atoms with Gasteiger partial charge >= 0.3 is 0 Å². The molecule has 0 aliphatic rings. The first-order valence-corrected chi connectivity index (χ1v) is 12.0. The molecule has 0 nitrogen and oxygen atoms in total. The zero-order valence-corrected chi connectivity index (χ0v) is 17.5. The maximum atomic E-state index is 2.45. The fraction of sp³-hybridized carbons (Fsp3) is 0.111. The highest BCUT2D eigenvalue weighted by atomic mass is 28.3. The van der Waals surface area contributed by atoms with Crippen LogP contribution in [0.2, 0.25) is 0 Å². The van der Waals surface area contributed by atoms with Crippen molar-refractivity contribution in [2.75, 3.05) is 0 Å². The molecule has 0 heterocycles. The standard InChI is InChI=1S/C27H26Si/c1-22(2)23-13-12-20-27(21-23)28(24-14-6-3-7-15-24,25-16-8-4-9-17-25)26-18-10-5-11-19-26/h3-22H,1-2H3. The van der Waals surface area contributed by atoms with E-state index in [0.29, 0.717) is 5.92 Å². The molecule has 0 saturated carbocycles. The van der Waals surface area contributed by atoms with Crippen molar-refractivity contribution in [2.24, 2.45) is 0 Å². The Bertz CT molecular complexity index is 925. The van der Waals surface area contributed by atoms with Crippen LogP contribution in [0.25, 0.3) is 0 Å². The van der Waals surface area contributed by atoms with Crippen LogP contribution in [0.15, 0.2) is 115 Å². The van der Waals surface area contributed by atoms with Crippen molar-refractivity contribution < 1.29 is 0 Å². The van der Waals surface area contributed by atoms with E-state index in [4.69, 9.17) is 0 Å². The van der Waals surface area contributed by atoms with E-state index in [9.17, 15) is 0 Å². The Hall–Kier alpha value is -2.90. The summed E-state index contributed by atoms with van der Waals surface area (Å²) in [5.74, 6) is 0.508. The van der Waals surface area contributed by atoms with Crippen molar-refractivity contribution in [2.45, 2.75) is 19.8 Å². The molecule has 28 heavy (non-hydrogen) atoms. The van der Waals surface area contributed by atoms with Crippen molar-refractivity contribution in [1.82, 2.24) is 0 Å². The summed E-state index contributed by atoms with van der Waals surface area (Å²) in [6.07, 6.45) is 0. The Labute approximate surface area is 169 Å². The summed E-state index contributed by atoms with van der Waals surface area (Å²) >= 11 is 0. The highest BCUT2D eigenvalue weighted by Crippen LogP contribution is 2.15. The largest absolute Gasteiger partial charge is 0.179 e. The van der Waals surface area contributed by atoms with Crippen molar-refractivity contribution in [3.63, 3.8) is 0 Å². The molecular weight excluding hydrogens is 352 g/mol. The predicted molar refractivity (Wildman–Crippen MR) is 124 cm³/mol. The molecule has 0 N–H and O–H groups in total. The quantitative estimate of drug-likeness (QED) is 0.361. The van der Waals surface area contributed by atoms with Gasteiger partial charge in [-0.1, -0.05) is 129 Å². The van der Waals surface area contributed by atoms with Crippen molar-refractivity contribution in [1.29, 1.82) is 0 Å². The number of hydrogen-bond acceptors (Lipinski definition) is 0. The Morgan fingerprint density at radius 3 is 1.25 bits per heavy atom. The van der Waals surface area contributed by atoms with Crippen LogP contribution in [0.1, 0.15) is 25.3 Å². The number of hydrogen-bond donors (Lipinski definition) is 0. The third kappa shape index (κ3) is 3.23. The molecule has 0 bridgehead atoms. The molecule has 1 heteroatoms. The summed E-state index contributed by atoms with van der Waals surface area (Å²) in [5, 5.41) is 5.72. The summed E-state index contributed by atoms with van der Waals surface area (Å²) in [4.78, 5) is 0. The molecule has 0 aliphatic heterocycles. The lowest BCUT2D eigenvalue weighted by atomic mass is 10.0. The van der Waals surface area contributed by atoms with E-state index >= 15 is 0 Å². The van der Waals surface area contributed by atoms with Crippen LogP contribution in [0, 0.1) is 0 Å². The first-order valence-electron chi connectivity index (χ1n) is 10.00. The molecule has 0 unspecified atom stereocenters. The molecule has 0 aliphatic carbocycles. The second-order valence-corrected chi connectivity index (χ2v) is 11.4. The normalized spacial score (nSPS) is 11.5. The van der Waals surface area contributed by atoms with E-state index < -0.39 is 8.07 Å². The lowest BCUT2D eigenvalue weighted by Crippen LogP contribution is -2.74. The summed E-state index contributed by atoms with van der Waals surface area (Å²) in [6.45, 7) is 4.55. The third-order valence-electron chi connectivity index (χ3n) is 5.61. The lowest BCUT2D eigenvalue weighted by molar-refractivity contribution is 0.868. The predicted octanol–water partition coefficient (Wildman–Crippen LogP) is 4.19. The lowest BCUT2D eigenvalue weighted by Gasteiger charge is -2.34. The average Bonchev–Trinajstić information content (AvgIpc) is 2.77. The second kappa shape index (κ2) is 8.00. The molecule has 0 spiro atoms. The highest BCUT2D eigenvalue weighted by Gasteiger charge is 2.41. The topological polar surface area (TPSA) is 0 Å². The Morgan fingerprint density at radius 1 is 0.464 bits per heavy atom. The Kier molecular flexibility index (Phi) is 5.27. The van der Waals surface area contributed by atoms with Crippen LogP contribution in [0.4, 0.5) is 0 Å². The molecular formula is C27H26Si. The SMILES string of the molecule is CC(C)c1cccc([Si](c2ccccc2)(c2ccccc2)c2ccccc2)c1. The third-order valence-corrected chi connectivity index (χ3v) is 10.4. The van der Waals surface area contributed by atoms with Gasteiger partial charge in [-0.3, -0.25) is 0 Å². The van der Waals surface area contributed by atoms with Crippen LogP contribution in [-0.4, -0.2) is 8.07 Å². The van der Waals surface area contributed by atoms with Crippen molar-refractivity contribution in [3.05, 3.63) is 121 Å². The molecule has 0 amide bonds. The van der Waals surface area contributed by atoms with Gasteiger partial charge < -0.3 is 0 Å². The number of rotatable bonds is 5. The van der Waals surface area contributed by atoms with Crippen LogP contribution in [0.3, 0.4) is 0 Å². The van der Waals surface area contributed by atoms with Crippen LogP contribution < -0.4 is 20.7 Å². The van der Waals surface area contributed by atoms with E-state index in [1.165, 1.54) is 26.3 Å². The molecule has 0 radical (unpaired) electrons. The van der Waals surface area contributed by atoms with Crippen molar-refractivity contribution >= 4 is 28.8 Å². The first kappa shape index (κ1) is 18.5. The molecule has 4 aromatic rings. The summed E-state index contributed by atoms with van der Waals surface area (Å²) in [5.41, 5.74) is 1.40. The Balaban J connectivity index is 2.12. The molecule has 0 fully saturated rings. The van der Waals surface area contributed by atoms with Crippen molar-refractivity contribution in [3.8, 4) is 0 Å². The van der Waals surface area contributed by atoms with E-state index in [1.807, 2.05) is 0 Å². The maximum Gasteiger partial charge on any atom is 0.179 e. The molecule has 0 aromatic heterocycles. The van der Waals surface area contributed by atoms with Gasteiger partial charge in [0.1, 0.15) is 0 Å². The molecule has 4 rings (SSSR count). The zero-order chi connectivity index (χ0) is 19.4. The number of benzene rings is 4. The van der Waals surface area contributed by atoms with Gasteiger partial charge in [-0.05, 0) is 32.2 Å². The van der Waals surface area contributed by atoms with Gasteiger partial charge in [-0.2, -0.15) is 0 Å². The van der Waals surface area contributed by atoms with Gasteiger partial charge in [0.25, 0.3) is 0 Å². The smallest absolute Gasteiger partial charge is 0.0623 e. The minimum atomic E-state index is -2.38. The monoisotopic (exact) mass is 378 g/mol. The van der Waals surface area contributed by atoms with Crippen LogP contribution in [0.5, 0.6) is 0 Å². The van der Waals surface area contributed by atoms with Gasteiger partial charge in [0.2, 0.25) is 0 Å². The minimum absolute atomic E-state index is 0.508. The van der Waals surface area contributed by atoms with Gasteiger partial charge in [0.05, 0.1) is 0 Å². The fourth-order valence-electron chi connectivity index (χ4n) is 4.20. The zero-order valence-electron chi connectivity index (χ0n) is 16.5. The summed E-state index contributed by atoms with van der Waals surface area (Å²) in [6, 6.07) is 42.6. The molecule has 138 valence electrons. The van der Waals surface area contributed by atoms with Gasteiger partial charge in [-0.15, -0.1) is 0 Å². The maximum absolute atomic E-state index is 2.45. The van der Waals surface area contributed by atoms with E-state index in [0.717, 1.165) is 0 Å². The van der Waals surface area contributed by atoms with Gasteiger partial charge in [0, 0.05) is 0 Å². The highest BCUT2D eigenvalue weighted by molar-refractivity contribution is 7.19. The first-order chi connectivity index (χ1) is 13.7. The minimum Gasteiger partial charge on any atom is -0.0623 e. The summed E-state index contributed by atoms with van der Waals surface area (Å²) in [7, 11) is -2.38. The average molecular weight is 379 g/mol. The summed E-state index contributed by atoms with van der Waals surface area (Å²) < 4.78 is 0. The molecule has 0 saturated heterocycles. The second-order valence-electron chi connectivity index (χ2n) is 7.63. The molecule has 0 atom stereocenters. The Morgan fingerprint density at radius 2 is 0.857 bits per heavy atom. The van der Waals surface area contributed by atoms with Crippen LogP contribution >= 0.6 is 0 Å². The van der Waals surface area contributed by atoms with E-state index in [1.54, 1.807) is 0 Å².